The average Bonchev–Trinajstić information content (AvgIpc) is 3.01. The van der Waals surface area contributed by atoms with Crippen molar-refractivity contribution in [3.05, 3.63) is 67.5 Å². The molecule has 7 nitrogen and oxygen atoms in total. The van der Waals surface area contributed by atoms with Gasteiger partial charge in [0.15, 0.2) is 5.82 Å². The number of nitrogens with zero attached hydrogens (tertiary/aromatic N) is 4. The lowest BCUT2D eigenvalue weighted by molar-refractivity contribution is 0.0697. The second-order valence-corrected chi connectivity index (χ2v) is 7.59. The van der Waals surface area contributed by atoms with E-state index in [1.54, 1.807) is 12.1 Å². The van der Waals surface area contributed by atoms with Crippen LogP contribution in [0.3, 0.4) is 0 Å². The Bertz CT molecular complexity index is 1100. The Morgan fingerprint density at radius 1 is 1.18 bits per heavy atom. The van der Waals surface area contributed by atoms with Gasteiger partial charge in [-0.25, -0.2) is 14.5 Å². The fraction of sp³-hybridized carbons (Fsp3) is 0.0588. The molecular weight excluding hydrogens is 494 g/mol. The van der Waals surface area contributed by atoms with Crippen molar-refractivity contribution in [1.82, 2.24) is 14.8 Å². The van der Waals surface area contributed by atoms with Crippen LogP contribution < -0.4 is 4.90 Å². The van der Waals surface area contributed by atoms with Crippen LogP contribution in [0.25, 0.3) is 5.82 Å². The van der Waals surface area contributed by atoms with Gasteiger partial charge in [-0.3, -0.25) is 4.79 Å². The van der Waals surface area contributed by atoms with Gasteiger partial charge in [0.05, 0.1) is 21.3 Å². The number of pyridine rings is 1. The number of amides is 1. The normalized spacial score (nSPS) is 10.8. The molecule has 0 saturated heterocycles. The molecule has 0 radical (unpaired) electrons. The van der Waals surface area contributed by atoms with Gasteiger partial charge in [-0.2, -0.15) is 5.10 Å². The fourth-order valence-corrected chi connectivity index (χ4v) is 3.74. The number of carbonyl (C=O) groups is 2. The maximum absolute atomic E-state index is 13.2. The minimum atomic E-state index is -1.28. The molecule has 2 aromatic heterocycles. The zero-order valence-corrected chi connectivity index (χ0v) is 17.9. The molecule has 1 amide bonds. The molecule has 0 spiro atoms. The summed E-state index contributed by atoms with van der Waals surface area (Å²) >= 11 is 21.5. The van der Waals surface area contributed by atoms with Crippen LogP contribution in [0.2, 0.25) is 15.1 Å². The standard InChI is InChI=1S/C17H10BrCl3N4O3/c1-24(14-9(17(27)28)5-8(19)6-11(14)21)16(26)12-7-13(18)23-25(12)15-10(20)3-2-4-22-15/h2-7H,1H3,(H,27,28). The summed E-state index contributed by atoms with van der Waals surface area (Å²) in [6.45, 7) is 0. The van der Waals surface area contributed by atoms with Crippen LogP contribution in [-0.2, 0) is 0 Å². The maximum Gasteiger partial charge on any atom is 0.337 e. The highest BCUT2D eigenvalue weighted by Gasteiger charge is 2.27. The van der Waals surface area contributed by atoms with Crippen molar-refractivity contribution in [3.63, 3.8) is 0 Å². The number of hydrogen-bond donors (Lipinski definition) is 1. The number of anilines is 1. The molecule has 0 aliphatic heterocycles. The molecule has 0 atom stereocenters. The van der Waals surface area contributed by atoms with Crippen LogP contribution in [0, 0.1) is 0 Å². The van der Waals surface area contributed by atoms with Gasteiger partial charge in [0.1, 0.15) is 10.3 Å². The molecule has 0 aliphatic rings. The van der Waals surface area contributed by atoms with Crippen LogP contribution in [-0.4, -0.2) is 38.8 Å². The zero-order valence-electron chi connectivity index (χ0n) is 14.0. The molecule has 0 aliphatic carbocycles. The molecule has 144 valence electrons. The first kappa shape index (κ1) is 20.6. The molecule has 1 N–H and O–H groups in total. The monoisotopic (exact) mass is 502 g/mol. The summed E-state index contributed by atoms with van der Waals surface area (Å²) in [5, 5.41) is 14.1. The van der Waals surface area contributed by atoms with Gasteiger partial charge in [-0.1, -0.05) is 34.8 Å². The third kappa shape index (κ3) is 3.86. The molecule has 1 aromatic carbocycles. The van der Waals surface area contributed by atoms with E-state index in [4.69, 9.17) is 34.8 Å². The third-order valence-electron chi connectivity index (χ3n) is 3.74. The topological polar surface area (TPSA) is 88.3 Å². The Labute approximate surface area is 182 Å². The number of halogens is 4. The number of aromatic carboxylic acids is 1. The Morgan fingerprint density at radius 2 is 1.89 bits per heavy atom. The van der Waals surface area contributed by atoms with E-state index in [1.165, 1.54) is 36.1 Å². The molecule has 11 heteroatoms. The van der Waals surface area contributed by atoms with E-state index in [9.17, 15) is 14.7 Å². The van der Waals surface area contributed by atoms with Crippen LogP contribution in [0.5, 0.6) is 0 Å². The first-order valence-corrected chi connectivity index (χ1v) is 9.50. The molecule has 28 heavy (non-hydrogen) atoms. The van der Waals surface area contributed by atoms with Gasteiger partial charge in [0.25, 0.3) is 5.91 Å². The van der Waals surface area contributed by atoms with Gasteiger partial charge in [-0.15, -0.1) is 0 Å². The van der Waals surface area contributed by atoms with Crippen molar-refractivity contribution in [1.29, 1.82) is 0 Å². The van der Waals surface area contributed by atoms with Crippen molar-refractivity contribution in [2.75, 3.05) is 11.9 Å². The molecule has 3 rings (SSSR count). The second-order valence-electron chi connectivity index (χ2n) is 5.53. The molecule has 0 saturated carbocycles. The highest BCUT2D eigenvalue weighted by molar-refractivity contribution is 9.10. The van der Waals surface area contributed by atoms with Crippen molar-refractivity contribution in [2.24, 2.45) is 0 Å². The fourth-order valence-electron chi connectivity index (χ4n) is 2.54. The van der Waals surface area contributed by atoms with E-state index < -0.39 is 11.9 Å². The minimum Gasteiger partial charge on any atom is -0.478 e. The van der Waals surface area contributed by atoms with E-state index >= 15 is 0 Å². The predicted molar refractivity (Wildman–Crippen MR) is 110 cm³/mol. The first-order chi connectivity index (χ1) is 13.2. The highest BCUT2D eigenvalue weighted by atomic mass is 79.9. The van der Waals surface area contributed by atoms with Gasteiger partial charge in [0.2, 0.25) is 0 Å². The lowest BCUT2D eigenvalue weighted by Gasteiger charge is -2.21. The number of benzene rings is 1. The quantitative estimate of drug-likeness (QED) is 0.542. The Morgan fingerprint density at radius 3 is 2.54 bits per heavy atom. The van der Waals surface area contributed by atoms with Gasteiger partial charge >= 0.3 is 5.97 Å². The molecule has 0 fully saturated rings. The Hall–Kier alpha value is -2.13. The molecule has 3 aromatic rings. The van der Waals surface area contributed by atoms with Gasteiger partial charge < -0.3 is 10.0 Å². The number of carboxylic acid groups (broad SMARTS) is 1. The number of aromatic nitrogens is 3. The largest absolute Gasteiger partial charge is 0.478 e. The lowest BCUT2D eigenvalue weighted by Crippen LogP contribution is -2.30. The summed E-state index contributed by atoms with van der Waals surface area (Å²) in [7, 11) is 1.40. The van der Waals surface area contributed by atoms with Crippen molar-refractivity contribution >= 4 is 68.3 Å². The van der Waals surface area contributed by atoms with E-state index in [-0.39, 0.29) is 37.8 Å². The number of rotatable bonds is 4. The summed E-state index contributed by atoms with van der Waals surface area (Å²) < 4.78 is 1.63. The molecule has 0 bridgehead atoms. The van der Waals surface area contributed by atoms with Crippen molar-refractivity contribution < 1.29 is 14.7 Å². The Kier molecular flexibility index (Phi) is 5.95. The number of carboxylic acids is 1. The van der Waals surface area contributed by atoms with E-state index in [0.717, 1.165) is 4.90 Å². The highest BCUT2D eigenvalue weighted by Crippen LogP contribution is 2.34. The molecule has 0 unspecified atom stereocenters. The van der Waals surface area contributed by atoms with E-state index in [2.05, 4.69) is 26.0 Å². The molecule has 2 heterocycles. The smallest absolute Gasteiger partial charge is 0.337 e. The van der Waals surface area contributed by atoms with Gasteiger partial charge in [-0.05, 0) is 40.2 Å². The summed E-state index contributed by atoms with van der Waals surface area (Å²) in [5.74, 6) is -1.61. The zero-order chi connectivity index (χ0) is 20.6. The van der Waals surface area contributed by atoms with E-state index in [1.807, 2.05) is 0 Å². The van der Waals surface area contributed by atoms with Crippen molar-refractivity contribution in [2.45, 2.75) is 0 Å². The van der Waals surface area contributed by atoms with Crippen LogP contribution in [0.15, 0.2) is 41.1 Å². The van der Waals surface area contributed by atoms with Crippen LogP contribution in [0.4, 0.5) is 5.69 Å². The summed E-state index contributed by atoms with van der Waals surface area (Å²) in [4.78, 5) is 30.0. The number of carbonyl (C=O) groups excluding carboxylic acids is 1. The molecular formula is C17H10BrCl3N4O3. The third-order valence-corrected chi connectivity index (χ3v) is 4.93. The van der Waals surface area contributed by atoms with Crippen LogP contribution >= 0.6 is 50.7 Å². The second kappa shape index (κ2) is 8.08. The summed E-state index contributed by atoms with van der Waals surface area (Å²) in [6, 6.07) is 7.30. The summed E-state index contributed by atoms with van der Waals surface area (Å²) in [5.41, 5.74) is -0.119. The van der Waals surface area contributed by atoms with Crippen molar-refractivity contribution in [3.8, 4) is 5.82 Å². The van der Waals surface area contributed by atoms with E-state index in [0.29, 0.717) is 4.60 Å². The predicted octanol–water partition coefficient (Wildman–Crippen LogP) is 4.96. The lowest BCUT2D eigenvalue weighted by atomic mass is 10.1. The van der Waals surface area contributed by atoms with Crippen LogP contribution in [0.1, 0.15) is 20.8 Å². The number of hydrogen-bond acceptors (Lipinski definition) is 4. The maximum atomic E-state index is 13.2. The Balaban J connectivity index is 2.13. The first-order valence-electron chi connectivity index (χ1n) is 7.57. The van der Waals surface area contributed by atoms with Gasteiger partial charge in [0, 0.05) is 24.3 Å². The average molecular weight is 505 g/mol. The minimum absolute atomic E-state index is 0.000410. The summed E-state index contributed by atoms with van der Waals surface area (Å²) in [6.07, 6.45) is 1.51. The SMILES string of the molecule is CN(C(=O)c1cc(Br)nn1-c1ncccc1Cl)c1c(Cl)cc(Cl)cc1C(=O)O.